The number of aliphatic hydroxyl groups excluding tert-OH is 1. The summed E-state index contributed by atoms with van der Waals surface area (Å²) in [5.74, 6) is -0.0746. The zero-order chi connectivity index (χ0) is 23.0. The molecule has 3 heterocycles. The Morgan fingerprint density at radius 2 is 2.00 bits per heavy atom. The van der Waals surface area contributed by atoms with Gasteiger partial charge in [0.25, 0.3) is 0 Å². The van der Waals surface area contributed by atoms with Gasteiger partial charge in [-0.1, -0.05) is 30.3 Å². The average Bonchev–Trinajstić information content (AvgIpc) is 3.50. The van der Waals surface area contributed by atoms with Crippen LogP contribution >= 0.6 is 0 Å². The quantitative estimate of drug-likeness (QED) is 0.705. The molecule has 8 heteroatoms. The van der Waals surface area contributed by atoms with E-state index >= 15 is 0 Å². The number of rotatable bonds is 6. The number of nitrogens with zero attached hydrogens (tertiary/aromatic N) is 3. The molecule has 2 unspecified atom stereocenters. The maximum Gasteiger partial charge on any atom is 0.410 e. The highest BCUT2D eigenvalue weighted by molar-refractivity contribution is 5.87. The molecule has 1 aromatic carbocycles. The van der Waals surface area contributed by atoms with Crippen molar-refractivity contribution in [1.82, 2.24) is 14.7 Å². The number of piperazine rings is 1. The van der Waals surface area contributed by atoms with Crippen LogP contribution in [0.3, 0.4) is 0 Å². The van der Waals surface area contributed by atoms with Crippen molar-refractivity contribution in [3.63, 3.8) is 0 Å². The smallest absolute Gasteiger partial charge is 0.410 e. The van der Waals surface area contributed by atoms with E-state index < -0.39 is 18.4 Å². The van der Waals surface area contributed by atoms with Gasteiger partial charge in [-0.05, 0) is 63.1 Å². The summed E-state index contributed by atoms with van der Waals surface area (Å²) in [6.07, 6.45) is 4.19. The Bertz CT molecular complexity index is 861. The Morgan fingerprint density at radius 1 is 1.21 bits per heavy atom. The average molecular weight is 458 g/mol. The fraction of sp³-hybridized carbons (Fsp3) is 0.680. The Balaban J connectivity index is 1.10. The van der Waals surface area contributed by atoms with E-state index in [0.29, 0.717) is 13.2 Å². The fourth-order valence-corrected chi connectivity index (χ4v) is 5.59. The standard InChI is InChI=1S/C25H35N3O5/c1-18-23(30)28-20(8-5-12-26-13-11-25(9-10-25)21(29)14-26)17-32-22(28)15-27(18)24(31)33-16-19-6-3-2-4-7-19/h2-4,6-7,18,20-22,29H,5,8-17H2,1H3/t18-,20-,21?,22?/m0/s1. The lowest BCUT2D eigenvalue weighted by atomic mass is 9.90. The number of ether oxygens (including phenoxy) is 2. The molecule has 0 bridgehead atoms. The molecule has 3 aliphatic heterocycles. The van der Waals surface area contributed by atoms with E-state index in [1.54, 1.807) is 6.92 Å². The van der Waals surface area contributed by atoms with Gasteiger partial charge in [0.1, 0.15) is 12.6 Å². The van der Waals surface area contributed by atoms with Gasteiger partial charge in [0.2, 0.25) is 5.91 Å². The van der Waals surface area contributed by atoms with Crippen molar-refractivity contribution in [3.8, 4) is 0 Å². The lowest BCUT2D eigenvalue weighted by molar-refractivity contribution is -0.151. The van der Waals surface area contributed by atoms with Crippen molar-refractivity contribution in [2.24, 2.45) is 5.41 Å². The first-order chi connectivity index (χ1) is 16.0. The first-order valence-corrected chi connectivity index (χ1v) is 12.3. The number of amides is 2. The Labute approximate surface area is 195 Å². The number of carbonyl (C=O) groups excluding carboxylic acids is 2. The fourth-order valence-electron chi connectivity index (χ4n) is 5.59. The van der Waals surface area contributed by atoms with Gasteiger partial charge < -0.3 is 24.4 Å². The summed E-state index contributed by atoms with van der Waals surface area (Å²) in [7, 11) is 0. The van der Waals surface area contributed by atoms with Gasteiger partial charge in [-0.25, -0.2) is 4.79 Å². The second kappa shape index (κ2) is 9.24. The van der Waals surface area contributed by atoms with Crippen molar-refractivity contribution in [1.29, 1.82) is 0 Å². The number of fused-ring (bicyclic) bond motifs is 1. The highest BCUT2D eigenvalue weighted by Gasteiger charge is 2.51. The molecule has 1 aliphatic carbocycles. The summed E-state index contributed by atoms with van der Waals surface area (Å²) >= 11 is 0. The third-order valence-electron chi connectivity index (χ3n) is 8.02. The van der Waals surface area contributed by atoms with Crippen LogP contribution in [0.25, 0.3) is 0 Å². The van der Waals surface area contributed by atoms with Gasteiger partial charge in [0.15, 0.2) is 6.23 Å². The van der Waals surface area contributed by atoms with Crippen molar-refractivity contribution in [3.05, 3.63) is 35.9 Å². The molecule has 5 rings (SSSR count). The Morgan fingerprint density at radius 3 is 2.73 bits per heavy atom. The minimum atomic E-state index is -0.569. The van der Waals surface area contributed by atoms with E-state index in [4.69, 9.17) is 9.47 Å². The van der Waals surface area contributed by atoms with E-state index in [9.17, 15) is 14.7 Å². The number of hydrogen-bond donors (Lipinski definition) is 1. The van der Waals surface area contributed by atoms with Crippen molar-refractivity contribution in [2.45, 2.75) is 70.1 Å². The molecule has 0 aromatic heterocycles. The molecular formula is C25H35N3O5. The zero-order valence-electron chi connectivity index (χ0n) is 19.4. The first-order valence-electron chi connectivity index (χ1n) is 12.3. The van der Waals surface area contributed by atoms with Crippen LogP contribution in [0.1, 0.15) is 44.6 Å². The summed E-state index contributed by atoms with van der Waals surface area (Å²) in [5.41, 5.74) is 1.14. The Hall–Kier alpha value is -2.16. The highest BCUT2D eigenvalue weighted by atomic mass is 16.6. The van der Waals surface area contributed by atoms with Gasteiger partial charge >= 0.3 is 6.09 Å². The lowest BCUT2D eigenvalue weighted by Crippen LogP contribution is -2.62. The van der Waals surface area contributed by atoms with Crippen LogP contribution < -0.4 is 0 Å². The van der Waals surface area contributed by atoms with E-state index in [0.717, 1.165) is 44.5 Å². The number of benzene rings is 1. The largest absolute Gasteiger partial charge is 0.445 e. The van der Waals surface area contributed by atoms with Gasteiger partial charge in [-0.3, -0.25) is 9.69 Å². The van der Waals surface area contributed by atoms with Gasteiger partial charge in [0.05, 0.1) is 25.3 Å². The second-order valence-electron chi connectivity index (χ2n) is 10.1. The van der Waals surface area contributed by atoms with Crippen LogP contribution in [0.5, 0.6) is 0 Å². The monoisotopic (exact) mass is 457 g/mol. The number of hydrogen-bond acceptors (Lipinski definition) is 6. The van der Waals surface area contributed by atoms with Crippen molar-refractivity contribution >= 4 is 12.0 Å². The number of β-amino-alcohol motifs (C(OH)–C–C–N with tert-alkyl or cyclic N) is 1. The molecule has 180 valence electrons. The van der Waals surface area contributed by atoms with Crippen LogP contribution in [0.4, 0.5) is 4.79 Å². The zero-order valence-corrected chi connectivity index (χ0v) is 19.4. The van der Waals surface area contributed by atoms with Gasteiger partial charge in [-0.2, -0.15) is 0 Å². The minimum absolute atomic E-state index is 0.0388. The SMILES string of the molecule is C[C@H]1C(=O)N2C(CN1C(=O)OCc1ccccc1)OC[C@@H]2CCCN1CCC2(CC2)C(O)C1. The summed E-state index contributed by atoms with van der Waals surface area (Å²) in [4.78, 5) is 31.5. The van der Waals surface area contributed by atoms with Crippen LogP contribution in [0, 0.1) is 5.41 Å². The normalized spacial score (nSPS) is 31.0. The number of piperidine rings is 1. The predicted octanol–water partition coefficient (Wildman–Crippen LogP) is 2.21. The Kier molecular flexibility index (Phi) is 6.33. The second-order valence-corrected chi connectivity index (χ2v) is 10.1. The van der Waals surface area contributed by atoms with Crippen LogP contribution in [0.15, 0.2) is 30.3 Å². The summed E-state index contributed by atoms with van der Waals surface area (Å²) in [6, 6.07) is 8.99. The predicted molar refractivity (Wildman–Crippen MR) is 121 cm³/mol. The molecule has 4 aliphatic rings. The third kappa shape index (κ3) is 4.61. The molecule has 4 atom stereocenters. The first kappa shape index (κ1) is 22.6. The van der Waals surface area contributed by atoms with Gasteiger partial charge in [0, 0.05) is 6.54 Å². The molecule has 1 spiro atoms. The van der Waals surface area contributed by atoms with Crippen LogP contribution in [-0.2, 0) is 20.9 Å². The van der Waals surface area contributed by atoms with E-state index in [1.165, 1.54) is 17.7 Å². The van der Waals surface area contributed by atoms with Crippen molar-refractivity contribution in [2.75, 3.05) is 32.8 Å². The minimum Gasteiger partial charge on any atom is -0.445 e. The topological polar surface area (TPSA) is 82.6 Å². The summed E-state index contributed by atoms with van der Waals surface area (Å²) < 4.78 is 11.4. The molecule has 3 saturated heterocycles. The van der Waals surface area contributed by atoms with Crippen LogP contribution in [0.2, 0.25) is 0 Å². The molecule has 1 saturated carbocycles. The van der Waals surface area contributed by atoms with E-state index in [1.807, 2.05) is 35.2 Å². The molecule has 2 amide bonds. The number of carbonyl (C=O) groups is 2. The molecule has 0 radical (unpaired) electrons. The molecule has 33 heavy (non-hydrogen) atoms. The highest BCUT2D eigenvalue weighted by Crippen LogP contribution is 2.53. The van der Waals surface area contributed by atoms with Crippen molar-refractivity contribution < 1.29 is 24.2 Å². The molecule has 8 nitrogen and oxygen atoms in total. The maximum atomic E-state index is 13.1. The van der Waals surface area contributed by atoms with Gasteiger partial charge in [-0.15, -0.1) is 0 Å². The molecule has 4 fully saturated rings. The number of aliphatic hydroxyl groups is 1. The molecular weight excluding hydrogens is 422 g/mol. The molecule has 1 aromatic rings. The lowest BCUT2D eigenvalue weighted by Gasteiger charge is -2.41. The third-order valence-corrected chi connectivity index (χ3v) is 8.02. The van der Waals surface area contributed by atoms with E-state index in [-0.39, 0.29) is 30.1 Å². The maximum absolute atomic E-state index is 13.1. The summed E-state index contributed by atoms with van der Waals surface area (Å²) in [5, 5.41) is 10.4. The number of likely N-dealkylation sites (tertiary alicyclic amines) is 1. The summed E-state index contributed by atoms with van der Waals surface area (Å²) in [6.45, 7) is 5.54. The molecule has 1 N–H and O–H groups in total. The van der Waals surface area contributed by atoms with Crippen LogP contribution in [-0.4, -0.2) is 89.0 Å². The van der Waals surface area contributed by atoms with E-state index in [2.05, 4.69) is 4.90 Å².